The van der Waals surface area contributed by atoms with Crippen LogP contribution in [0.15, 0.2) is 30.3 Å². The van der Waals surface area contributed by atoms with Crippen molar-refractivity contribution in [3.8, 4) is 0 Å². The predicted molar refractivity (Wildman–Crippen MR) is 103 cm³/mol. The molecule has 2 saturated heterocycles. The van der Waals surface area contributed by atoms with E-state index in [1.54, 1.807) is 45.0 Å². The number of benzene rings is 1. The first-order valence-electron chi connectivity index (χ1n) is 9.40. The fourth-order valence-electron chi connectivity index (χ4n) is 3.74. The first kappa shape index (κ1) is 21.3. The van der Waals surface area contributed by atoms with Gasteiger partial charge in [-0.2, -0.15) is 0 Å². The molecule has 158 valence electrons. The second-order valence-electron chi connectivity index (χ2n) is 8.42. The fraction of sp³-hybridized carbons (Fsp3) is 0.550. The van der Waals surface area contributed by atoms with E-state index in [9.17, 15) is 22.8 Å². The van der Waals surface area contributed by atoms with E-state index in [1.807, 2.05) is 6.07 Å². The molecular weight excluding hydrogens is 398 g/mol. The Morgan fingerprint density at radius 1 is 1.21 bits per heavy atom. The van der Waals surface area contributed by atoms with Crippen molar-refractivity contribution in [1.29, 1.82) is 0 Å². The molecule has 3 unspecified atom stereocenters. The lowest BCUT2D eigenvalue weighted by atomic mass is 9.83. The topological polar surface area (TPSA) is 107 Å². The highest BCUT2D eigenvalue weighted by Crippen LogP contribution is 2.43. The third kappa shape index (κ3) is 3.88. The predicted octanol–water partition coefficient (Wildman–Crippen LogP) is 2.07. The summed E-state index contributed by atoms with van der Waals surface area (Å²) in [5, 5.41) is -2.36. The number of fused-ring (bicyclic) bond motifs is 1. The third-order valence-corrected chi connectivity index (χ3v) is 7.82. The lowest BCUT2D eigenvalue weighted by Gasteiger charge is -2.38. The van der Waals surface area contributed by atoms with Crippen LogP contribution in [-0.2, 0) is 35.5 Å². The standard InChI is InChI=1S/C20H25NO7S/c1-12(28-19(24)27-11-13-8-6-5-7-9-13)17-16(18(23)20(2,3)4)21-14(22)10-15(21)29(17,25)26/h5-9,12,15-17H,10-11H2,1-4H3/t12?,15-,16?,17?/m1/s1. The quantitative estimate of drug-likeness (QED) is 0.527. The first-order valence-corrected chi connectivity index (χ1v) is 11.0. The largest absolute Gasteiger partial charge is 0.508 e. The summed E-state index contributed by atoms with van der Waals surface area (Å²) in [6.07, 6.45) is -2.34. The van der Waals surface area contributed by atoms with Gasteiger partial charge in [0.2, 0.25) is 5.91 Å². The van der Waals surface area contributed by atoms with Gasteiger partial charge >= 0.3 is 6.16 Å². The van der Waals surface area contributed by atoms with Crippen molar-refractivity contribution in [2.45, 2.75) is 63.5 Å². The Hall–Kier alpha value is -2.42. The summed E-state index contributed by atoms with van der Waals surface area (Å²) in [4.78, 5) is 38.3. The molecule has 3 rings (SSSR count). The highest BCUT2D eigenvalue weighted by atomic mass is 32.2. The molecule has 0 radical (unpaired) electrons. The van der Waals surface area contributed by atoms with Crippen LogP contribution >= 0.6 is 0 Å². The minimum atomic E-state index is -3.88. The van der Waals surface area contributed by atoms with E-state index in [0.717, 1.165) is 10.5 Å². The van der Waals surface area contributed by atoms with Gasteiger partial charge in [-0.05, 0) is 12.5 Å². The van der Waals surface area contributed by atoms with Gasteiger partial charge in [-0.1, -0.05) is 51.1 Å². The van der Waals surface area contributed by atoms with E-state index in [2.05, 4.69) is 0 Å². The Balaban J connectivity index is 1.77. The summed E-state index contributed by atoms with van der Waals surface area (Å²) in [6, 6.07) is 7.78. The number of β-lactam (4-membered cyclic amide) rings is 1. The van der Waals surface area contributed by atoms with Crippen LogP contribution in [0, 0.1) is 5.41 Å². The zero-order valence-electron chi connectivity index (χ0n) is 16.8. The number of sulfone groups is 1. The summed E-state index contributed by atoms with van der Waals surface area (Å²) < 4.78 is 36.2. The summed E-state index contributed by atoms with van der Waals surface area (Å²) in [6.45, 7) is 6.37. The number of hydrogen-bond acceptors (Lipinski definition) is 7. The number of amides is 1. The molecule has 0 spiro atoms. The van der Waals surface area contributed by atoms with Crippen LogP contribution in [0.1, 0.15) is 39.7 Å². The molecule has 2 fully saturated rings. The molecule has 0 N–H and O–H groups in total. The van der Waals surface area contributed by atoms with E-state index in [-0.39, 0.29) is 24.7 Å². The van der Waals surface area contributed by atoms with Gasteiger partial charge in [-0.3, -0.25) is 9.59 Å². The maximum Gasteiger partial charge on any atom is 0.508 e. The molecule has 1 aromatic carbocycles. The highest BCUT2D eigenvalue weighted by Gasteiger charge is 2.66. The Morgan fingerprint density at radius 2 is 1.83 bits per heavy atom. The third-order valence-electron chi connectivity index (χ3n) is 5.27. The number of carbonyl (C=O) groups is 3. The lowest BCUT2D eigenvalue weighted by Crippen LogP contribution is -2.58. The van der Waals surface area contributed by atoms with Crippen molar-refractivity contribution in [3.63, 3.8) is 0 Å². The molecule has 1 aromatic rings. The summed E-state index contributed by atoms with van der Waals surface area (Å²) in [5.41, 5.74) is -0.113. The summed E-state index contributed by atoms with van der Waals surface area (Å²) in [5.74, 6) is -0.766. The minimum Gasteiger partial charge on any atom is -0.430 e. The molecule has 2 aliphatic rings. The van der Waals surface area contributed by atoms with Crippen molar-refractivity contribution in [1.82, 2.24) is 4.90 Å². The smallest absolute Gasteiger partial charge is 0.430 e. The monoisotopic (exact) mass is 423 g/mol. The van der Waals surface area contributed by atoms with Gasteiger partial charge in [0.05, 0.1) is 6.42 Å². The van der Waals surface area contributed by atoms with Crippen LogP contribution in [0.5, 0.6) is 0 Å². The maximum absolute atomic E-state index is 13.0. The molecule has 8 nitrogen and oxygen atoms in total. The van der Waals surface area contributed by atoms with Crippen molar-refractivity contribution in [2.75, 3.05) is 0 Å². The SMILES string of the molecule is CC(OC(=O)OCc1ccccc1)C1C(C(=O)C(C)(C)C)N2C(=O)C[C@H]2S1(=O)=O. The Morgan fingerprint density at radius 3 is 2.38 bits per heavy atom. The minimum absolute atomic E-state index is 0.0264. The van der Waals surface area contributed by atoms with Gasteiger partial charge < -0.3 is 14.4 Å². The molecule has 2 heterocycles. The molecule has 1 amide bonds. The second-order valence-corrected chi connectivity index (χ2v) is 10.7. The van der Waals surface area contributed by atoms with E-state index >= 15 is 0 Å². The molecular formula is C20H25NO7S. The number of ketones is 1. The zero-order chi connectivity index (χ0) is 21.6. The van der Waals surface area contributed by atoms with Gasteiger partial charge in [0, 0.05) is 5.41 Å². The average molecular weight is 423 g/mol. The van der Waals surface area contributed by atoms with Gasteiger partial charge in [0.1, 0.15) is 29.4 Å². The van der Waals surface area contributed by atoms with E-state index in [1.165, 1.54) is 6.92 Å². The molecule has 9 heteroatoms. The number of Topliss-reactive ketones (excluding diaryl/α,β-unsaturated/α-hetero) is 1. The van der Waals surface area contributed by atoms with Crippen molar-refractivity contribution in [3.05, 3.63) is 35.9 Å². The molecule has 0 aliphatic carbocycles. The van der Waals surface area contributed by atoms with E-state index in [0.29, 0.717) is 0 Å². The maximum atomic E-state index is 13.0. The number of rotatable bonds is 5. The number of ether oxygens (including phenoxy) is 2. The number of nitrogens with zero attached hydrogens (tertiary/aromatic N) is 1. The second kappa shape index (κ2) is 7.44. The normalized spacial score (nSPS) is 26.3. The molecule has 4 atom stereocenters. The Kier molecular flexibility index (Phi) is 5.46. The van der Waals surface area contributed by atoms with Crippen LogP contribution in [0.2, 0.25) is 0 Å². The molecule has 29 heavy (non-hydrogen) atoms. The Labute approximate surface area is 170 Å². The van der Waals surface area contributed by atoms with Crippen LogP contribution in [0.3, 0.4) is 0 Å². The van der Waals surface area contributed by atoms with Crippen molar-refractivity contribution < 1.29 is 32.3 Å². The van der Waals surface area contributed by atoms with Crippen LogP contribution in [-0.4, -0.2) is 53.9 Å². The summed E-state index contributed by atoms with van der Waals surface area (Å²) in [7, 11) is -3.88. The van der Waals surface area contributed by atoms with Crippen molar-refractivity contribution in [2.24, 2.45) is 5.41 Å². The highest BCUT2D eigenvalue weighted by molar-refractivity contribution is 7.93. The zero-order valence-corrected chi connectivity index (χ0v) is 17.6. The lowest BCUT2D eigenvalue weighted by molar-refractivity contribution is -0.151. The number of hydrogen-bond donors (Lipinski definition) is 0. The van der Waals surface area contributed by atoms with Crippen LogP contribution in [0.25, 0.3) is 0 Å². The fourth-order valence-corrected chi connectivity index (χ4v) is 6.25. The van der Waals surface area contributed by atoms with Crippen LogP contribution < -0.4 is 0 Å². The van der Waals surface area contributed by atoms with Gasteiger partial charge in [0.25, 0.3) is 0 Å². The van der Waals surface area contributed by atoms with Gasteiger partial charge in [-0.25, -0.2) is 13.2 Å². The average Bonchev–Trinajstić information content (AvgIpc) is 2.81. The summed E-state index contributed by atoms with van der Waals surface area (Å²) >= 11 is 0. The molecule has 0 aromatic heterocycles. The van der Waals surface area contributed by atoms with Gasteiger partial charge in [0.15, 0.2) is 15.6 Å². The van der Waals surface area contributed by atoms with Crippen LogP contribution in [0.4, 0.5) is 4.79 Å². The molecule has 0 saturated carbocycles. The van der Waals surface area contributed by atoms with Crippen molar-refractivity contribution >= 4 is 27.7 Å². The molecule has 0 bridgehead atoms. The number of carbonyl (C=O) groups excluding carboxylic acids is 3. The van der Waals surface area contributed by atoms with E-state index in [4.69, 9.17) is 9.47 Å². The van der Waals surface area contributed by atoms with E-state index < -0.39 is 44.2 Å². The molecule has 2 aliphatic heterocycles. The van der Waals surface area contributed by atoms with Gasteiger partial charge in [-0.15, -0.1) is 0 Å². The first-order chi connectivity index (χ1) is 13.4. The Bertz CT molecular complexity index is 920.